The van der Waals surface area contributed by atoms with E-state index in [0.717, 1.165) is 42.4 Å². The van der Waals surface area contributed by atoms with Gasteiger partial charge in [-0.1, -0.05) is 31.4 Å². The Morgan fingerprint density at radius 2 is 1.95 bits per heavy atom. The van der Waals surface area contributed by atoms with Crippen LogP contribution in [-0.2, 0) is 0 Å². The quantitative estimate of drug-likeness (QED) is 0.878. The molecular formula is C16H24N2O. The van der Waals surface area contributed by atoms with Crippen molar-refractivity contribution in [2.24, 2.45) is 5.73 Å². The van der Waals surface area contributed by atoms with Crippen molar-refractivity contribution in [3.63, 3.8) is 0 Å². The van der Waals surface area contributed by atoms with Crippen LogP contribution in [0, 0.1) is 13.8 Å². The fraction of sp³-hybridized carbons (Fsp3) is 0.562. The van der Waals surface area contributed by atoms with Gasteiger partial charge in [0.2, 0.25) is 0 Å². The SMILES string of the molecule is Cc1cccc(C(=O)NC2(CN)CCCCC2)c1C. The Hall–Kier alpha value is -1.35. The molecule has 104 valence electrons. The predicted molar refractivity (Wildman–Crippen MR) is 78.3 cm³/mol. The number of carbonyl (C=O) groups is 1. The lowest BCUT2D eigenvalue weighted by molar-refractivity contribution is 0.0874. The molecule has 1 aromatic carbocycles. The molecule has 1 aliphatic carbocycles. The Bertz CT molecular complexity index is 462. The van der Waals surface area contributed by atoms with Gasteiger partial charge in [-0.3, -0.25) is 4.79 Å². The van der Waals surface area contributed by atoms with E-state index in [1.165, 1.54) is 6.42 Å². The van der Waals surface area contributed by atoms with Crippen molar-refractivity contribution in [1.82, 2.24) is 5.32 Å². The number of benzene rings is 1. The van der Waals surface area contributed by atoms with Gasteiger partial charge in [0, 0.05) is 12.1 Å². The number of amides is 1. The lowest BCUT2D eigenvalue weighted by atomic mass is 9.81. The molecule has 3 heteroatoms. The minimum atomic E-state index is -0.189. The third kappa shape index (κ3) is 2.98. The number of nitrogens with one attached hydrogen (secondary N) is 1. The monoisotopic (exact) mass is 260 g/mol. The van der Waals surface area contributed by atoms with Gasteiger partial charge in [-0.25, -0.2) is 0 Å². The van der Waals surface area contributed by atoms with Crippen molar-refractivity contribution in [3.8, 4) is 0 Å². The first-order valence-corrected chi connectivity index (χ1v) is 7.17. The van der Waals surface area contributed by atoms with Crippen LogP contribution in [0.15, 0.2) is 18.2 Å². The van der Waals surface area contributed by atoms with Crippen LogP contribution in [0.2, 0.25) is 0 Å². The topological polar surface area (TPSA) is 55.1 Å². The molecule has 1 amide bonds. The molecule has 1 aromatic rings. The smallest absolute Gasteiger partial charge is 0.252 e. The largest absolute Gasteiger partial charge is 0.345 e. The van der Waals surface area contributed by atoms with Crippen LogP contribution in [0.4, 0.5) is 0 Å². The third-order valence-corrected chi connectivity index (χ3v) is 4.43. The normalized spacial score (nSPS) is 18.1. The molecule has 0 spiro atoms. The second kappa shape index (κ2) is 5.74. The zero-order chi connectivity index (χ0) is 13.9. The zero-order valence-corrected chi connectivity index (χ0v) is 12.0. The molecule has 2 rings (SSSR count). The highest BCUT2D eigenvalue weighted by Gasteiger charge is 2.32. The first-order chi connectivity index (χ1) is 9.08. The van der Waals surface area contributed by atoms with Crippen molar-refractivity contribution in [3.05, 3.63) is 34.9 Å². The Balaban J connectivity index is 2.17. The van der Waals surface area contributed by atoms with Crippen LogP contribution in [0.3, 0.4) is 0 Å². The maximum atomic E-state index is 12.5. The average molecular weight is 260 g/mol. The lowest BCUT2D eigenvalue weighted by Crippen LogP contribution is -2.54. The fourth-order valence-electron chi connectivity index (χ4n) is 2.91. The van der Waals surface area contributed by atoms with Crippen LogP contribution in [0.25, 0.3) is 0 Å². The Morgan fingerprint density at radius 1 is 1.26 bits per heavy atom. The van der Waals surface area contributed by atoms with Crippen LogP contribution < -0.4 is 11.1 Å². The summed E-state index contributed by atoms with van der Waals surface area (Å²) in [5.74, 6) is 0.0218. The van der Waals surface area contributed by atoms with Crippen molar-refractivity contribution < 1.29 is 4.79 Å². The van der Waals surface area contributed by atoms with E-state index in [2.05, 4.69) is 5.32 Å². The molecule has 0 aliphatic heterocycles. The number of hydrogen-bond acceptors (Lipinski definition) is 2. The lowest BCUT2D eigenvalue weighted by Gasteiger charge is -2.37. The molecule has 1 aliphatic rings. The highest BCUT2D eigenvalue weighted by molar-refractivity contribution is 5.96. The maximum absolute atomic E-state index is 12.5. The van der Waals surface area contributed by atoms with Crippen LogP contribution >= 0.6 is 0 Å². The van der Waals surface area contributed by atoms with Crippen molar-refractivity contribution in [2.75, 3.05) is 6.54 Å². The van der Waals surface area contributed by atoms with E-state index in [-0.39, 0.29) is 11.4 Å². The Labute approximate surface area is 115 Å². The molecule has 0 bridgehead atoms. The van der Waals surface area contributed by atoms with E-state index in [0.29, 0.717) is 6.54 Å². The van der Waals surface area contributed by atoms with Crippen LogP contribution in [0.5, 0.6) is 0 Å². The van der Waals surface area contributed by atoms with E-state index in [4.69, 9.17) is 5.73 Å². The highest BCUT2D eigenvalue weighted by Crippen LogP contribution is 2.28. The molecule has 0 saturated heterocycles. The maximum Gasteiger partial charge on any atom is 0.252 e. The molecular weight excluding hydrogens is 236 g/mol. The summed E-state index contributed by atoms with van der Waals surface area (Å²) in [7, 11) is 0. The van der Waals surface area contributed by atoms with Crippen molar-refractivity contribution in [1.29, 1.82) is 0 Å². The standard InChI is InChI=1S/C16H24N2O/c1-12-7-6-8-14(13(12)2)15(19)18-16(11-17)9-4-3-5-10-16/h6-8H,3-5,9-11,17H2,1-2H3,(H,18,19). The number of hydrogen-bond donors (Lipinski definition) is 2. The van der Waals surface area contributed by atoms with E-state index in [9.17, 15) is 4.79 Å². The second-order valence-corrected chi connectivity index (χ2v) is 5.75. The van der Waals surface area contributed by atoms with E-state index in [1.807, 2.05) is 32.0 Å². The summed E-state index contributed by atoms with van der Waals surface area (Å²) >= 11 is 0. The predicted octanol–water partition coefficient (Wildman–Crippen LogP) is 2.69. The molecule has 1 fully saturated rings. The molecule has 0 aromatic heterocycles. The molecule has 0 heterocycles. The molecule has 1 saturated carbocycles. The van der Waals surface area contributed by atoms with Gasteiger partial charge in [0.25, 0.3) is 5.91 Å². The first kappa shape index (κ1) is 14.1. The van der Waals surface area contributed by atoms with Gasteiger partial charge >= 0.3 is 0 Å². The third-order valence-electron chi connectivity index (χ3n) is 4.43. The van der Waals surface area contributed by atoms with Crippen molar-refractivity contribution >= 4 is 5.91 Å². The summed E-state index contributed by atoms with van der Waals surface area (Å²) < 4.78 is 0. The van der Waals surface area contributed by atoms with Gasteiger partial charge in [0.05, 0.1) is 5.54 Å². The first-order valence-electron chi connectivity index (χ1n) is 7.17. The van der Waals surface area contributed by atoms with E-state index in [1.54, 1.807) is 0 Å². The van der Waals surface area contributed by atoms with Crippen LogP contribution in [-0.4, -0.2) is 18.0 Å². The van der Waals surface area contributed by atoms with Gasteiger partial charge in [0.1, 0.15) is 0 Å². The number of carbonyl (C=O) groups excluding carboxylic acids is 1. The van der Waals surface area contributed by atoms with E-state index < -0.39 is 0 Å². The molecule has 19 heavy (non-hydrogen) atoms. The van der Waals surface area contributed by atoms with E-state index >= 15 is 0 Å². The number of rotatable bonds is 3. The second-order valence-electron chi connectivity index (χ2n) is 5.75. The highest BCUT2D eigenvalue weighted by atomic mass is 16.1. The molecule has 0 atom stereocenters. The summed E-state index contributed by atoms with van der Waals surface area (Å²) in [6.45, 7) is 4.56. The Kier molecular flexibility index (Phi) is 4.25. The van der Waals surface area contributed by atoms with Gasteiger partial charge in [-0.15, -0.1) is 0 Å². The summed E-state index contributed by atoms with van der Waals surface area (Å²) in [5, 5.41) is 3.20. The van der Waals surface area contributed by atoms with Crippen LogP contribution in [0.1, 0.15) is 53.6 Å². The number of aryl methyl sites for hydroxylation is 1. The van der Waals surface area contributed by atoms with Crippen molar-refractivity contribution in [2.45, 2.75) is 51.5 Å². The zero-order valence-electron chi connectivity index (χ0n) is 12.0. The van der Waals surface area contributed by atoms with Gasteiger partial charge in [-0.05, 0) is 43.9 Å². The number of nitrogens with two attached hydrogens (primary N) is 1. The van der Waals surface area contributed by atoms with Gasteiger partial charge < -0.3 is 11.1 Å². The molecule has 3 nitrogen and oxygen atoms in total. The summed E-state index contributed by atoms with van der Waals surface area (Å²) in [6.07, 6.45) is 5.57. The fourth-order valence-corrected chi connectivity index (χ4v) is 2.91. The minimum absolute atomic E-state index is 0.0218. The van der Waals surface area contributed by atoms with Gasteiger partial charge in [0.15, 0.2) is 0 Å². The van der Waals surface area contributed by atoms with Gasteiger partial charge in [-0.2, -0.15) is 0 Å². The summed E-state index contributed by atoms with van der Waals surface area (Å²) in [6, 6.07) is 5.86. The average Bonchev–Trinajstić information content (AvgIpc) is 2.42. The summed E-state index contributed by atoms with van der Waals surface area (Å²) in [4.78, 5) is 12.5. The minimum Gasteiger partial charge on any atom is -0.345 e. The molecule has 0 radical (unpaired) electrons. The molecule has 3 N–H and O–H groups in total. The molecule has 0 unspecified atom stereocenters. The summed E-state index contributed by atoms with van der Waals surface area (Å²) in [5.41, 5.74) is 8.71. The Morgan fingerprint density at radius 3 is 2.58 bits per heavy atom.